The molecule has 96 valence electrons. The average molecular weight is 236 g/mol. The van der Waals surface area contributed by atoms with E-state index in [9.17, 15) is 0 Å². The third-order valence-electron chi connectivity index (χ3n) is 2.99. The van der Waals surface area contributed by atoms with Gasteiger partial charge in [-0.3, -0.25) is 4.98 Å². The molecule has 3 nitrogen and oxygen atoms in total. The maximum Gasteiger partial charge on any atom is 0.0462 e. The van der Waals surface area contributed by atoms with E-state index in [-0.39, 0.29) is 0 Å². The molecule has 0 aliphatic carbocycles. The molecule has 1 aromatic rings. The van der Waals surface area contributed by atoms with E-state index in [2.05, 4.69) is 30.2 Å². The van der Waals surface area contributed by atoms with Gasteiger partial charge in [-0.1, -0.05) is 13.8 Å². The van der Waals surface area contributed by atoms with Crippen LogP contribution in [0.5, 0.6) is 0 Å². The lowest BCUT2D eigenvalue weighted by molar-refractivity contribution is 0.189. The Morgan fingerprint density at radius 2 is 2.24 bits per heavy atom. The molecule has 0 aliphatic rings. The number of aryl methyl sites for hydroxylation is 1. The summed E-state index contributed by atoms with van der Waals surface area (Å²) in [5.41, 5.74) is 2.73. The second kappa shape index (κ2) is 8.20. The third-order valence-corrected chi connectivity index (χ3v) is 2.99. The van der Waals surface area contributed by atoms with Crippen LogP contribution in [-0.4, -0.2) is 25.2 Å². The Kier molecular flexibility index (Phi) is 6.82. The van der Waals surface area contributed by atoms with Gasteiger partial charge in [-0.05, 0) is 43.0 Å². The summed E-state index contributed by atoms with van der Waals surface area (Å²) in [6.07, 6.45) is 7.10. The molecule has 1 N–H and O–H groups in total. The zero-order chi connectivity index (χ0) is 12.5. The van der Waals surface area contributed by atoms with Gasteiger partial charge in [0.2, 0.25) is 0 Å². The molecule has 3 heteroatoms. The van der Waals surface area contributed by atoms with Gasteiger partial charge in [0.15, 0.2) is 0 Å². The van der Waals surface area contributed by atoms with Crippen LogP contribution in [-0.2, 0) is 11.2 Å². The Hall–Kier alpha value is -0.930. The molecule has 1 heterocycles. The number of methoxy groups -OCH3 is 1. The molecule has 0 spiro atoms. The summed E-state index contributed by atoms with van der Waals surface area (Å²) in [5, 5.41) is 3.55. The Labute approximate surface area is 105 Å². The van der Waals surface area contributed by atoms with E-state index in [1.165, 1.54) is 11.1 Å². The largest absolute Gasteiger partial charge is 0.385 e. The molecule has 0 amide bonds. The molecule has 0 aromatic carbocycles. The maximum atomic E-state index is 5.12. The number of hydrogen-bond acceptors (Lipinski definition) is 3. The van der Waals surface area contributed by atoms with Gasteiger partial charge in [-0.25, -0.2) is 0 Å². The summed E-state index contributed by atoms with van der Waals surface area (Å²) < 4.78 is 5.12. The van der Waals surface area contributed by atoms with E-state index in [0.717, 1.165) is 32.4 Å². The number of pyridine rings is 1. The highest BCUT2D eigenvalue weighted by molar-refractivity contribution is 5.26. The molecule has 0 saturated heterocycles. The molecular weight excluding hydrogens is 212 g/mol. The molecule has 17 heavy (non-hydrogen) atoms. The van der Waals surface area contributed by atoms with Gasteiger partial charge in [-0.2, -0.15) is 0 Å². The number of nitrogens with one attached hydrogen (secondary N) is 1. The molecule has 0 aliphatic heterocycles. The van der Waals surface area contributed by atoms with Crippen LogP contribution in [0.3, 0.4) is 0 Å². The van der Waals surface area contributed by atoms with Crippen LogP contribution >= 0.6 is 0 Å². The smallest absolute Gasteiger partial charge is 0.0462 e. The predicted molar refractivity (Wildman–Crippen MR) is 71.1 cm³/mol. The van der Waals surface area contributed by atoms with Gasteiger partial charge in [0.05, 0.1) is 0 Å². The second-order valence-electron chi connectivity index (χ2n) is 4.17. The van der Waals surface area contributed by atoms with Crippen molar-refractivity contribution < 1.29 is 4.74 Å². The fourth-order valence-corrected chi connectivity index (χ4v) is 2.12. The van der Waals surface area contributed by atoms with Crippen molar-refractivity contribution in [2.75, 3.05) is 20.3 Å². The summed E-state index contributed by atoms with van der Waals surface area (Å²) in [7, 11) is 1.76. The Balaban J connectivity index is 2.73. The minimum atomic E-state index is 0.424. The molecule has 1 unspecified atom stereocenters. The first-order chi connectivity index (χ1) is 8.33. The Bertz CT molecular complexity index is 315. The number of ether oxygens (including phenoxy) is 1. The number of nitrogens with zero attached hydrogens (tertiary/aromatic N) is 1. The molecule has 1 rings (SSSR count). The monoisotopic (exact) mass is 236 g/mol. The zero-order valence-electron chi connectivity index (χ0n) is 11.2. The van der Waals surface area contributed by atoms with E-state index in [1.807, 2.05) is 12.4 Å². The molecule has 1 aromatic heterocycles. The quantitative estimate of drug-likeness (QED) is 0.705. The highest BCUT2D eigenvalue weighted by Gasteiger charge is 2.13. The fourth-order valence-electron chi connectivity index (χ4n) is 2.12. The minimum absolute atomic E-state index is 0.424. The molecule has 0 saturated carbocycles. The first-order valence-corrected chi connectivity index (χ1v) is 6.48. The molecule has 0 bridgehead atoms. The third kappa shape index (κ3) is 4.44. The zero-order valence-corrected chi connectivity index (χ0v) is 11.2. The van der Waals surface area contributed by atoms with Crippen LogP contribution in [0.1, 0.15) is 43.9 Å². The van der Waals surface area contributed by atoms with Gasteiger partial charge in [0, 0.05) is 32.2 Å². The van der Waals surface area contributed by atoms with Crippen molar-refractivity contribution in [1.82, 2.24) is 10.3 Å². The van der Waals surface area contributed by atoms with Gasteiger partial charge in [-0.15, -0.1) is 0 Å². The van der Waals surface area contributed by atoms with Crippen molar-refractivity contribution in [3.63, 3.8) is 0 Å². The van der Waals surface area contributed by atoms with E-state index >= 15 is 0 Å². The van der Waals surface area contributed by atoms with E-state index in [0.29, 0.717) is 6.04 Å². The van der Waals surface area contributed by atoms with Crippen molar-refractivity contribution >= 4 is 0 Å². The van der Waals surface area contributed by atoms with Crippen LogP contribution in [0, 0.1) is 0 Å². The highest BCUT2D eigenvalue weighted by atomic mass is 16.5. The summed E-state index contributed by atoms with van der Waals surface area (Å²) in [5.74, 6) is 0. The molecule has 0 radical (unpaired) electrons. The van der Waals surface area contributed by atoms with E-state index < -0.39 is 0 Å². The lowest BCUT2D eigenvalue weighted by Crippen LogP contribution is -2.22. The van der Waals surface area contributed by atoms with Crippen LogP contribution in [0.2, 0.25) is 0 Å². The normalized spacial score (nSPS) is 12.6. The predicted octanol–water partition coefficient (Wildman–Crippen LogP) is 2.72. The first kappa shape index (κ1) is 14.1. The van der Waals surface area contributed by atoms with Crippen LogP contribution < -0.4 is 5.32 Å². The summed E-state index contributed by atoms with van der Waals surface area (Å²) >= 11 is 0. The molecular formula is C14H24N2O. The lowest BCUT2D eigenvalue weighted by atomic mass is 9.97. The number of rotatable bonds is 8. The lowest BCUT2D eigenvalue weighted by Gasteiger charge is -2.20. The SMILES string of the molecule is CCNC(CCCOC)c1ccncc1CC. The minimum Gasteiger partial charge on any atom is -0.385 e. The first-order valence-electron chi connectivity index (χ1n) is 6.48. The van der Waals surface area contributed by atoms with Crippen LogP contribution in [0.15, 0.2) is 18.5 Å². The summed E-state index contributed by atoms with van der Waals surface area (Å²) in [6.45, 7) is 6.15. The average Bonchev–Trinajstić information content (AvgIpc) is 2.38. The Morgan fingerprint density at radius 3 is 2.88 bits per heavy atom. The molecule has 0 fully saturated rings. The highest BCUT2D eigenvalue weighted by Crippen LogP contribution is 2.22. The van der Waals surface area contributed by atoms with Gasteiger partial charge in [0.25, 0.3) is 0 Å². The van der Waals surface area contributed by atoms with Crippen molar-refractivity contribution in [2.24, 2.45) is 0 Å². The fraction of sp³-hybridized carbons (Fsp3) is 0.643. The number of aromatic nitrogens is 1. The van der Waals surface area contributed by atoms with Crippen molar-refractivity contribution in [3.8, 4) is 0 Å². The van der Waals surface area contributed by atoms with E-state index in [1.54, 1.807) is 7.11 Å². The van der Waals surface area contributed by atoms with Crippen LogP contribution in [0.25, 0.3) is 0 Å². The van der Waals surface area contributed by atoms with E-state index in [4.69, 9.17) is 4.74 Å². The Morgan fingerprint density at radius 1 is 1.41 bits per heavy atom. The topological polar surface area (TPSA) is 34.1 Å². The second-order valence-corrected chi connectivity index (χ2v) is 4.17. The van der Waals surface area contributed by atoms with Crippen molar-refractivity contribution in [2.45, 2.75) is 39.2 Å². The summed E-state index contributed by atoms with van der Waals surface area (Å²) in [4.78, 5) is 4.20. The molecule has 1 atom stereocenters. The van der Waals surface area contributed by atoms with Crippen molar-refractivity contribution in [3.05, 3.63) is 29.6 Å². The van der Waals surface area contributed by atoms with Gasteiger partial charge >= 0.3 is 0 Å². The van der Waals surface area contributed by atoms with Gasteiger partial charge < -0.3 is 10.1 Å². The van der Waals surface area contributed by atoms with Gasteiger partial charge in [0.1, 0.15) is 0 Å². The standard InChI is InChI=1S/C14H24N2O/c1-4-12-11-15-9-8-13(12)14(16-5-2)7-6-10-17-3/h8-9,11,14,16H,4-7,10H2,1-3H3. The van der Waals surface area contributed by atoms with Crippen molar-refractivity contribution in [1.29, 1.82) is 0 Å². The summed E-state index contributed by atoms with van der Waals surface area (Å²) in [6, 6.07) is 2.56. The maximum absolute atomic E-state index is 5.12. The number of hydrogen-bond donors (Lipinski definition) is 1. The van der Waals surface area contributed by atoms with Crippen LogP contribution in [0.4, 0.5) is 0 Å².